The van der Waals surface area contributed by atoms with Gasteiger partial charge in [-0.15, -0.1) is 0 Å². The van der Waals surface area contributed by atoms with Gasteiger partial charge in [-0.2, -0.15) is 0 Å². The third-order valence-electron chi connectivity index (χ3n) is 2.81. The predicted octanol–water partition coefficient (Wildman–Crippen LogP) is 1.42. The molecule has 5 N–H and O–H groups in total. The number of rotatable bonds is 5. The summed E-state index contributed by atoms with van der Waals surface area (Å²) in [6.07, 6.45) is 4.41. The van der Waals surface area contributed by atoms with Crippen molar-refractivity contribution in [1.82, 2.24) is 4.98 Å². The molecule has 0 spiro atoms. The number of hydrogen-bond donors (Lipinski definition) is 3. The first-order chi connectivity index (χ1) is 9.16. The predicted molar refractivity (Wildman–Crippen MR) is 75.8 cm³/mol. The summed E-state index contributed by atoms with van der Waals surface area (Å²) in [6, 6.07) is 8.95. The fraction of sp³-hybridized carbons (Fsp3) is 0.143. The topological polar surface area (TPSA) is 94.0 Å². The first kappa shape index (κ1) is 12.9. The molecule has 1 amide bonds. The Morgan fingerprint density at radius 2 is 1.95 bits per heavy atom. The fourth-order valence-corrected chi connectivity index (χ4v) is 1.77. The van der Waals surface area contributed by atoms with Crippen molar-refractivity contribution < 1.29 is 4.79 Å². The van der Waals surface area contributed by atoms with Gasteiger partial charge in [-0.1, -0.05) is 0 Å². The number of nitrogens with zero attached hydrogens (tertiary/aromatic N) is 1. The lowest BCUT2D eigenvalue weighted by Crippen LogP contribution is -2.12. The monoisotopic (exact) mass is 256 g/mol. The molecule has 2 rings (SSSR count). The van der Waals surface area contributed by atoms with Crippen molar-refractivity contribution in [1.29, 1.82) is 0 Å². The zero-order valence-corrected chi connectivity index (χ0v) is 10.5. The maximum atomic E-state index is 11.0. The number of benzene rings is 1. The molecule has 2 aromatic rings. The fourth-order valence-electron chi connectivity index (χ4n) is 1.77. The van der Waals surface area contributed by atoms with Gasteiger partial charge in [-0.05, 0) is 42.3 Å². The molecule has 1 aromatic heterocycles. The van der Waals surface area contributed by atoms with E-state index in [1.165, 1.54) is 5.56 Å². The number of carbonyl (C=O) groups is 1. The Labute approximate surface area is 111 Å². The summed E-state index contributed by atoms with van der Waals surface area (Å²) >= 11 is 0. The molecular weight excluding hydrogens is 240 g/mol. The van der Waals surface area contributed by atoms with Gasteiger partial charge < -0.3 is 16.8 Å². The Morgan fingerprint density at radius 1 is 1.21 bits per heavy atom. The van der Waals surface area contributed by atoms with Gasteiger partial charge in [0, 0.05) is 24.5 Å². The minimum atomic E-state index is -0.477. The third-order valence-corrected chi connectivity index (χ3v) is 2.81. The van der Waals surface area contributed by atoms with Crippen molar-refractivity contribution >= 4 is 17.3 Å². The smallest absolute Gasteiger partial charge is 0.248 e. The van der Waals surface area contributed by atoms with Crippen LogP contribution >= 0.6 is 0 Å². The van der Waals surface area contributed by atoms with Crippen LogP contribution in [0.25, 0.3) is 0 Å². The van der Waals surface area contributed by atoms with E-state index in [1.807, 2.05) is 12.1 Å². The second-order valence-corrected chi connectivity index (χ2v) is 4.20. The highest BCUT2D eigenvalue weighted by Gasteiger charge is 2.04. The van der Waals surface area contributed by atoms with Gasteiger partial charge >= 0.3 is 0 Å². The third kappa shape index (κ3) is 3.45. The zero-order valence-electron chi connectivity index (χ0n) is 10.5. The minimum absolute atomic E-state index is 0.414. The van der Waals surface area contributed by atoms with Crippen LogP contribution in [0, 0.1) is 0 Å². The van der Waals surface area contributed by atoms with E-state index in [0.29, 0.717) is 11.3 Å². The van der Waals surface area contributed by atoms with Gasteiger partial charge in [-0.3, -0.25) is 9.78 Å². The van der Waals surface area contributed by atoms with Crippen LogP contribution < -0.4 is 16.8 Å². The first-order valence-electron chi connectivity index (χ1n) is 5.99. The summed E-state index contributed by atoms with van der Waals surface area (Å²) < 4.78 is 0. The molecule has 0 bridgehead atoms. The van der Waals surface area contributed by atoms with E-state index in [9.17, 15) is 4.79 Å². The van der Waals surface area contributed by atoms with Crippen molar-refractivity contribution in [3.05, 3.63) is 53.9 Å². The van der Waals surface area contributed by atoms with Gasteiger partial charge in [0.25, 0.3) is 0 Å². The molecule has 19 heavy (non-hydrogen) atoms. The molecule has 0 radical (unpaired) electrons. The number of carbonyl (C=O) groups excluding carboxylic acids is 1. The number of nitrogen functional groups attached to an aromatic ring is 1. The number of nitrogens with one attached hydrogen (secondary N) is 1. The summed E-state index contributed by atoms with van der Waals surface area (Å²) in [7, 11) is 0. The van der Waals surface area contributed by atoms with Crippen molar-refractivity contribution in [3.63, 3.8) is 0 Å². The van der Waals surface area contributed by atoms with Crippen LogP contribution in [0.15, 0.2) is 42.7 Å². The molecule has 0 aliphatic rings. The van der Waals surface area contributed by atoms with Crippen LogP contribution in [0.5, 0.6) is 0 Å². The maximum Gasteiger partial charge on any atom is 0.248 e. The number of nitrogens with two attached hydrogens (primary N) is 2. The van der Waals surface area contributed by atoms with Crippen molar-refractivity contribution in [2.45, 2.75) is 6.42 Å². The van der Waals surface area contributed by atoms with Gasteiger partial charge in [0.2, 0.25) is 5.91 Å². The number of anilines is 2. The normalized spacial score (nSPS) is 10.1. The molecule has 0 aliphatic heterocycles. The van der Waals surface area contributed by atoms with E-state index in [0.717, 1.165) is 18.7 Å². The number of primary amides is 1. The highest BCUT2D eigenvalue weighted by molar-refractivity contribution is 5.94. The van der Waals surface area contributed by atoms with Crippen molar-refractivity contribution in [3.8, 4) is 0 Å². The van der Waals surface area contributed by atoms with Gasteiger partial charge in [0.1, 0.15) is 0 Å². The molecule has 5 nitrogen and oxygen atoms in total. The quantitative estimate of drug-likeness (QED) is 0.705. The molecule has 0 atom stereocenters. The number of hydrogen-bond acceptors (Lipinski definition) is 4. The second-order valence-electron chi connectivity index (χ2n) is 4.20. The summed E-state index contributed by atoms with van der Waals surface area (Å²) in [5.41, 5.74) is 14.0. The van der Waals surface area contributed by atoms with Crippen molar-refractivity contribution in [2.75, 3.05) is 17.6 Å². The average Bonchev–Trinajstić information content (AvgIpc) is 2.41. The van der Waals surface area contributed by atoms with Crippen LogP contribution in [0.4, 0.5) is 11.4 Å². The van der Waals surface area contributed by atoms with E-state index in [-0.39, 0.29) is 0 Å². The largest absolute Gasteiger partial charge is 0.397 e. The highest BCUT2D eigenvalue weighted by atomic mass is 16.1. The Morgan fingerprint density at radius 3 is 2.58 bits per heavy atom. The molecule has 1 aromatic carbocycles. The van der Waals surface area contributed by atoms with E-state index in [2.05, 4.69) is 10.3 Å². The first-order valence-corrected chi connectivity index (χ1v) is 5.99. The summed E-state index contributed by atoms with van der Waals surface area (Å²) in [5, 5.41) is 3.23. The van der Waals surface area contributed by atoms with Crippen LogP contribution in [0.2, 0.25) is 0 Å². The number of pyridine rings is 1. The number of aromatic nitrogens is 1. The molecule has 0 unspecified atom stereocenters. The lowest BCUT2D eigenvalue weighted by Gasteiger charge is -2.10. The lowest BCUT2D eigenvalue weighted by atomic mass is 10.1. The van der Waals surface area contributed by atoms with Gasteiger partial charge in [0.15, 0.2) is 0 Å². The Bertz CT molecular complexity index is 569. The van der Waals surface area contributed by atoms with Gasteiger partial charge in [-0.25, -0.2) is 0 Å². The van der Waals surface area contributed by atoms with Crippen molar-refractivity contribution in [2.24, 2.45) is 5.73 Å². The maximum absolute atomic E-state index is 11.0. The molecule has 0 saturated heterocycles. The van der Waals surface area contributed by atoms with E-state index in [4.69, 9.17) is 11.5 Å². The molecule has 0 fully saturated rings. The standard InChI is InChI=1S/C14H16N4O/c15-12-9-11(14(16)19)1-2-13(12)18-8-5-10-3-6-17-7-4-10/h1-4,6-7,9,18H,5,8,15H2,(H2,16,19). The number of amides is 1. The molecule has 0 aliphatic carbocycles. The zero-order chi connectivity index (χ0) is 13.7. The van der Waals surface area contributed by atoms with Crippen LogP contribution in [-0.2, 0) is 6.42 Å². The van der Waals surface area contributed by atoms with Crippen LogP contribution in [0.3, 0.4) is 0 Å². The minimum Gasteiger partial charge on any atom is -0.397 e. The summed E-state index contributed by atoms with van der Waals surface area (Å²) in [4.78, 5) is 15.0. The SMILES string of the molecule is NC(=O)c1ccc(NCCc2ccncc2)c(N)c1. The molecule has 1 heterocycles. The second kappa shape index (κ2) is 5.86. The Balaban J connectivity index is 1.95. The molecule has 5 heteroatoms. The Kier molecular flexibility index (Phi) is 3.97. The van der Waals surface area contributed by atoms with E-state index < -0.39 is 5.91 Å². The molecule has 98 valence electrons. The van der Waals surface area contributed by atoms with Crippen LogP contribution in [0.1, 0.15) is 15.9 Å². The average molecular weight is 256 g/mol. The summed E-state index contributed by atoms with van der Waals surface area (Å²) in [5.74, 6) is -0.477. The highest BCUT2D eigenvalue weighted by Crippen LogP contribution is 2.19. The van der Waals surface area contributed by atoms with Gasteiger partial charge in [0.05, 0.1) is 11.4 Å². The molecular formula is C14H16N4O. The summed E-state index contributed by atoms with van der Waals surface area (Å²) in [6.45, 7) is 0.754. The lowest BCUT2D eigenvalue weighted by molar-refractivity contribution is 0.100. The van der Waals surface area contributed by atoms with Crippen LogP contribution in [-0.4, -0.2) is 17.4 Å². The molecule has 0 saturated carbocycles. The van der Waals surface area contributed by atoms with E-state index >= 15 is 0 Å². The Hall–Kier alpha value is -2.56. The van der Waals surface area contributed by atoms with E-state index in [1.54, 1.807) is 30.6 Å².